The summed E-state index contributed by atoms with van der Waals surface area (Å²) in [5, 5.41) is 8.96. The second-order valence-electron chi connectivity index (χ2n) is 6.73. The van der Waals surface area contributed by atoms with Gasteiger partial charge in [0.05, 0.1) is 23.1 Å². The van der Waals surface area contributed by atoms with E-state index in [0.717, 1.165) is 47.5 Å². The number of aryl methyl sites for hydroxylation is 3. The van der Waals surface area contributed by atoms with E-state index in [-0.39, 0.29) is 0 Å². The zero-order valence-corrected chi connectivity index (χ0v) is 15.7. The van der Waals surface area contributed by atoms with E-state index in [9.17, 15) is 4.79 Å². The average Bonchev–Trinajstić information content (AvgIpc) is 3.28. The van der Waals surface area contributed by atoms with Gasteiger partial charge in [-0.25, -0.2) is 14.2 Å². The van der Waals surface area contributed by atoms with E-state index in [1.807, 2.05) is 23.6 Å². The molecule has 0 saturated heterocycles. The van der Waals surface area contributed by atoms with Gasteiger partial charge in [0, 0.05) is 29.6 Å². The Balaban J connectivity index is 1.68. The number of aromatic nitrogens is 5. The normalized spacial score (nSPS) is 11.2. The lowest BCUT2D eigenvalue weighted by atomic mass is 10.0. The van der Waals surface area contributed by atoms with Gasteiger partial charge in [-0.1, -0.05) is 19.1 Å². The molecule has 0 N–H and O–H groups in total. The van der Waals surface area contributed by atoms with Crippen LogP contribution in [-0.2, 0) is 12.8 Å². The number of aldehydes is 1. The molecule has 6 nitrogen and oxygen atoms in total. The number of hydrogen-bond acceptors (Lipinski definition) is 4. The molecular formula is C21H21N5O. The van der Waals surface area contributed by atoms with Gasteiger partial charge in [0.15, 0.2) is 11.9 Å². The summed E-state index contributed by atoms with van der Waals surface area (Å²) in [7, 11) is 0. The Hall–Kier alpha value is -3.28. The van der Waals surface area contributed by atoms with Crippen molar-refractivity contribution < 1.29 is 4.79 Å². The summed E-state index contributed by atoms with van der Waals surface area (Å²) in [5.41, 5.74) is 7.98. The van der Waals surface area contributed by atoms with Crippen molar-refractivity contribution in [2.45, 2.75) is 33.6 Å². The maximum absolute atomic E-state index is 10.8. The zero-order chi connectivity index (χ0) is 19.0. The monoisotopic (exact) mass is 359 g/mol. The molecule has 6 heteroatoms. The molecule has 0 bridgehead atoms. The average molecular weight is 359 g/mol. The Morgan fingerprint density at radius 1 is 1.15 bits per heavy atom. The van der Waals surface area contributed by atoms with Gasteiger partial charge in [0.25, 0.3) is 0 Å². The fourth-order valence-corrected chi connectivity index (χ4v) is 3.38. The maximum atomic E-state index is 10.8. The van der Waals surface area contributed by atoms with Crippen molar-refractivity contribution in [3.8, 4) is 5.69 Å². The number of carbonyl (C=O) groups is 1. The standard InChI is InChI=1S/C21H21N5O/c1-4-20-19(21-23-14(2)9-15(3)26(21)24-20)10-16-5-7-18(8-6-16)25-12-17(13-27)11-22-25/h5-9,11-13H,4,10H2,1-3H3. The van der Waals surface area contributed by atoms with Gasteiger partial charge < -0.3 is 0 Å². The lowest BCUT2D eigenvalue weighted by Crippen LogP contribution is -1.99. The Labute approximate surface area is 157 Å². The van der Waals surface area contributed by atoms with Crippen LogP contribution in [0.3, 0.4) is 0 Å². The van der Waals surface area contributed by atoms with Gasteiger partial charge in [0.2, 0.25) is 0 Å². The molecule has 0 spiro atoms. The Bertz CT molecular complexity index is 1120. The number of fused-ring (bicyclic) bond motifs is 1. The molecule has 0 saturated carbocycles. The molecule has 0 aliphatic heterocycles. The van der Waals surface area contributed by atoms with Crippen molar-refractivity contribution in [2.24, 2.45) is 0 Å². The summed E-state index contributed by atoms with van der Waals surface area (Å²) < 4.78 is 3.65. The quantitative estimate of drug-likeness (QED) is 0.512. The largest absolute Gasteiger partial charge is 0.298 e. The van der Waals surface area contributed by atoms with Crippen molar-refractivity contribution >= 4 is 11.9 Å². The lowest BCUT2D eigenvalue weighted by Gasteiger charge is -2.06. The van der Waals surface area contributed by atoms with Crippen LogP contribution in [0.5, 0.6) is 0 Å². The van der Waals surface area contributed by atoms with Crippen LogP contribution in [0.2, 0.25) is 0 Å². The molecule has 4 aromatic rings. The number of benzene rings is 1. The summed E-state index contributed by atoms with van der Waals surface area (Å²) in [5.74, 6) is 0. The first kappa shape index (κ1) is 17.1. The fourth-order valence-electron chi connectivity index (χ4n) is 3.38. The van der Waals surface area contributed by atoms with Crippen molar-refractivity contribution in [3.63, 3.8) is 0 Å². The third kappa shape index (κ3) is 3.14. The summed E-state index contributed by atoms with van der Waals surface area (Å²) in [6.07, 6.45) is 5.73. The van der Waals surface area contributed by atoms with E-state index in [2.05, 4.69) is 37.1 Å². The molecule has 136 valence electrons. The van der Waals surface area contributed by atoms with Gasteiger partial charge in [-0.2, -0.15) is 10.2 Å². The first-order valence-electron chi connectivity index (χ1n) is 9.03. The van der Waals surface area contributed by atoms with E-state index >= 15 is 0 Å². The van der Waals surface area contributed by atoms with Crippen LogP contribution in [0.4, 0.5) is 0 Å². The first-order chi connectivity index (χ1) is 13.1. The fraction of sp³-hybridized carbons (Fsp3) is 0.238. The number of nitrogens with zero attached hydrogens (tertiary/aromatic N) is 5. The van der Waals surface area contributed by atoms with Crippen LogP contribution < -0.4 is 0 Å². The van der Waals surface area contributed by atoms with E-state index in [4.69, 9.17) is 10.1 Å². The number of carbonyl (C=O) groups excluding carboxylic acids is 1. The smallest absolute Gasteiger partial charge is 0.159 e. The maximum Gasteiger partial charge on any atom is 0.159 e. The topological polar surface area (TPSA) is 65.1 Å². The van der Waals surface area contributed by atoms with Gasteiger partial charge in [-0.05, 0) is 44.0 Å². The predicted octanol–water partition coefficient (Wildman–Crippen LogP) is 3.50. The number of rotatable bonds is 5. The van der Waals surface area contributed by atoms with Crippen molar-refractivity contribution in [1.82, 2.24) is 24.4 Å². The molecule has 0 radical (unpaired) electrons. The van der Waals surface area contributed by atoms with Gasteiger partial charge in [-0.15, -0.1) is 0 Å². The summed E-state index contributed by atoms with van der Waals surface area (Å²) >= 11 is 0. The van der Waals surface area contributed by atoms with Gasteiger partial charge in [0.1, 0.15) is 0 Å². The molecule has 1 aromatic carbocycles. The molecule has 3 aromatic heterocycles. The minimum absolute atomic E-state index is 0.565. The molecule has 0 unspecified atom stereocenters. The van der Waals surface area contributed by atoms with Crippen molar-refractivity contribution in [3.05, 3.63) is 76.5 Å². The molecule has 4 rings (SSSR count). The second-order valence-corrected chi connectivity index (χ2v) is 6.73. The molecule has 0 amide bonds. The van der Waals surface area contributed by atoms with Crippen LogP contribution in [0.1, 0.15) is 45.5 Å². The highest BCUT2D eigenvalue weighted by molar-refractivity contribution is 5.73. The van der Waals surface area contributed by atoms with Gasteiger partial charge >= 0.3 is 0 Å². The summed E-state index contributed by atoms with van der Waals surface area (Å²) in [6.45, 7) is 6.20. The number of hydrogen-bond donors (Lipinski definition) is 0. The van der Waals surface area contributed by atoms with Crippen LogP contribution >= 0.6 is 0 Å². The van der Waals surface area contributed by atoms with E-state index < -0.39 is 0 Å². The molecule has 0 fully saturated rings. The molecular weight excluding hydrogens is 338 g/mol. The second kappa shape index (κ2) is 6.79. The third-order valence-electron chi connectivity index (χ3n) is 4.73. The summed E-state index contributed by atoms with van der Waals surface area (Å²) in [6, 6.07) is 10.2. The SMILES string of the molecule is CCc1nn2c(C)cc(C)nc2c1Cc1ccc(-n2cc(C=O)cn2)cc1. The zero-order valence-electron chi connectivity index (χ0n) is 15.7. The first-order valence-corrected chi connectivity index (χ1v) is 9.03. The highest BCUT2D eigenvalue weighted by Crippen LogP contribution is 2.21. The highest BCUT2D eigenvalue weighted by Gasteiger charge is 2.15. The Morgan fingerprint density at radius 2 is 1.93 bits per heavy atom. The van der Waals surface area contributed by atoms with E-state index in [0.29, 0.717) is 5.56 Å². The van der Waals surface area contributed by atoms with Crippen LogP contribution in [0.15, 0.2) is 42.7 Å². The predicted molar refractivity (Wildman–Crippen MR) is 104 cm³/mol. The molecule has 3 heterocycles. The van der Waals surface area contributed by atoms with E-state index in [1.165, 1.54) is 11.1 Å². The minimum atomic E-state index is 0.565. The van der Waals surface area contributed by atoms with Gasteiger partial charge in [-0.3, -0.25) is 4.79 Å². The van der Waals surface area contributed by atoms with Crippen LogP contribution in [0, 0.1) is 13.8 Å². The van der Waals surface area contributed by atoms with Crippen LogP contribution in [0.25, 0.3) is 11.3 Å². The molecule has 27 heavy (non-hydrogen) atoms. The Morgan fingerprint density at radius 3 is 2.59 bits per heavy atom. The van der Waals surface area contributed by atoms with Crippen LogP contribution in [-0.4, -0.2) is 30.7 Å². The molecule has 0 atom stereocenters. The molecule has 0 aliphatic carbocycles. The van der Waals surface area contributed by atoms with E-state index in [1.54, 1.807) is 17.1 Å². The van der Waals surface area contributed by atoms with Crippen molar-refractivity contribution in [2.75, 3.05) is 0 Å². The highest BCUT2D eigenvalue weighted by atomic mass is 16.1. The summed E-state index contributed by atoms with van der Waals surface area (Å²) in [4.78, 5) is 15.6. The van der Waals surface area contributed by atoms with Crippen molar-refractivity contribution in [1.29, 1.82) is 0 Å². The molecule has 0 aliphatic rings. The lowest BCUT2D eigenvalue weighted by molar-refractivity contribution is 0.112. The Kier molecular flexibility index (Phi) is 4.32. The minimum Gasteiger partial charge on any atom is -0.298 e. The third-order valence-corrected chi connectivity index (χ3v) is 4.73.